The van der Waals surface area contributed by atoms with Gasteiger partial charge in [-0.1, -0.05) is 41.9 Å². The number of carbonyl (C=O) groups is 1. The third kappa shape index (κ3) is 3.86. The van der Waals surface area contributed by atoms with E-state index in [1.807, 2.05) is 50.4 Å². The topological polar surface area (TPSA) is 43.3 Å². The molecule has 5 heteroatoms. The smallest absolute Gasteiger partial charge is 0.244 e. The molecule has 1 unspecified atom stereocenters. The van der Waals surface area contributed by atoms with Crippen molar-refractivity contribution in [2.75, 3.05) is 6.61 Å². The minimum atomic E-state index is -0.153. The zero-order valence-corrected chi connectivity index (χ0v) is 15.1. The lowest BCUT2D eigenvalue weighted by molar-refractivity contribution is -0.133. The summed E-state index contributed by atoms with van der Waals surface area (Å²) in [7, 11) is 2.02. The number of rotatable bonds is 6. The van der Waals surface area contributed by atoms with Crippen LogP contribution in [0.5, 0.6) is 0 Å². The fraction of sp³-hybridized carbons (Fsp3) is 0.250. The Hall–Kier alpha value is -2.30. The van der Waals surface area contributed by atoms with Gasteiger partial charge in [0.25, 0.3) is 0 Å². The Morgan fingerprint density at radius 3 is 2.80 bits per heavy atom. The summed E-state index contributed by atoms with van der Waals surface area (Å²) in [6, 6.07) is 15.9. The molecule has 1 N–H and O–H groups in total. The van der Waals surface area contributed by atoms with Crippen LogP contribution in [0.2, 0.25) is 5.02 Å². The first-order chi connectivity index (χ1) is 12.1. The van der Waals surface area contributed by atoms with E-state index in [4.69, 9.17) is 16.4 Å². The molecule has 130 valence electrons. The van der Waals surface area contributed by atoms with Crippen molar-refractivity contribution < 1.29 is 9.63 Å². The maximum absolute atomic E-state index is 12.3. The summed E-state index contributed by atoms with van der Waals surface area (Å²) in [6.45, 7) is 2.27. The molecule has 0 saturated heterocycles. The van der Waals surface area contributed by atoms with Crippen molar-refractivity contribution in [3.63, 3.8) is 0 Å². The van der Waals surface area contributed by atoms with Crippen LogP contribution in [-0.2, 0) is 16.7 Å². The summed E-state index contributed by atoms with van der Waals surface area (Å²) in [4.78, 5) is 17.4. The molecule has 0 saturated carbocycles. The van der Waals surface area contributed by atoms with E-state index in [0.717, 1.165) is 22.0 Å². The molecule has 3 rings (SSSR count). The van der Waals surface area contributed by atoms with Gasteiger partial charge in [0, 0.05) is 41.5 Å². The molecule has 0 bridgehead atoms. The quantitative estimate of drug-likeness (QED) is 0.664. The van der Waals surface area contributed by atoms with E-state index in [1.165, 1.54) is 0 Å². The lowest BCUT2D eigenvalue weighted by Gasteiger charge is -2.17. The molecule has 1 atom stereocenters. The van der Waals surface area contributed by atoms with Crippen LogP contribution in [-0.4, -0.2) is 17.1 Å². The monoisotopic (exact) mass is 356 g/mol. The van der Waals surface area contributed by atoms with Crippen molar-refractivity contribution in [2.24, 2.45) is 7.05 Å². The van der Waals surface area contributed by atoms with Crippen molar-refractivity contribution in [2.45, 2.75) is 19.3 Å². The van der Waals surface area contributed by atoms with Crippen LogP contribution >= 0.6 is 11.6 Å². The summed E-state index contributed by atoms with van der Waals surface area (Å²) in [6.07, 6.45) is 2.37. The Bertz CT molecular complexity index is 888. The molecule has 1 aromatic heterocycles. The van der Waals surface area contributed by atoms with Crippen LogP contribution in [0, 0.1) is 0 Å². The third-order valence-electron chi connectivity index (χ3n) is 4.27. The minimum Gasteiger partial charge on any atom is -0.350 e. The molecule has 0 spiro atoms. The number of aromatic nitrogens is 1. The van der Waals surface area contributed by atoms with Crippen LogP contribution in [0.4, 0.5) is 0 Å². The first kappa shape index (κ1) is 17.5. The average molecular weight is 357 g/mol. The lowest BCUT2D eigenvalue weighted by atomic mass is 9.88. The van der Waals surface area contributed by atoms with E-state index >= 15 is 0 Å². The molecule has 4 nitrogen and oxygen atoms in total. The number of amides is 1. The first-order valence-electron chi connectivity index (χ1n) is 8.30. The predicted molar refractivity (Wildman–Crippen MR) is 101 cm³/mol. The van der Waals surface area contributed by atoms with Gasteiger partial charge < -0.3 is 4.57 Å². The number of hydroxylamine groups is 1. The zero-order valence-electron chi connectivity index (χ0n) is 14.3. The number of para-hydroxylation sites is 1. The van der Waals surface area contributed by atoms with Gasteiger partial charge in [-0.3, -0.25) is 9.63 Å². The molecule has 0 aliphatic carbocycles. The number of nitrogens with zero attached hydrogens (tertiary/aromatic N) is 1. The minimum absolute atomic E-state index is 0.106. The van der Waals surface area contributed by atoms with E-state index in [0.29, 0.717) is 11.6 Å². The van der Waals surface area contributed by atoms with E-state index in [9.17, 15) is 4.79 Å². The van der Waals surface area contributed by atoms with E-state index in [2.05, 4.69) is 28.4 Å². The molecule has 3 aromatic rings. The molecule has 0 radical (unpaired) electrons. The Balaban J connectivity index is 2.05. The lowest BCUT2D eigenvalue weighted by Crippen LogP contribution is -2.25. The first-order valence-corrected chi connectivity index (χ1v) is 8.68. The number of halogens is 1. The van der Waals surface area contributed by atoms with Crippen molar-refractivity contribution in [1.82, 2.24) is 10.0 Å². The highest BCUT2D eigenvalue weighted by Gasteiger charge is 2.22. The normalized spacial score (nSPS) is 12.3. The van der Waals surface area contributed by atoms with Crippen molar-refractivity contribution in [3.8, 4) is 0 Å². The number of benzene rings is 2. The Kier molecular flexibility index (Phi) is 5.41. The summed E-state index contributed by atoms with van der Waals surface area (Å²) in [5.74, 6) is -0.259. The number of hydrogen-bond acceptors (Lipinski definition) is 2. The molecular formula is C20H21ClN2O2. The Labute approximate surface area is 152 Å². The van der Waals surface area contributed by atoms with Gasteiger partial charge in [0.05, 0.1) is 6.61 Å². The summed E-state index contributed by atoms with van der Waals surface area (Å²) in [5.41, 5.74) is 5.74. The SMILES string of the molecule is CCONC(=O)CC(c1cccc(Cl)c1)c1cn(C)c2ccccc12. The largest absolute Gasteiger partial charge is 0.350 e. The molecule has 0 aliphatic heterocycles. The van der Waals surface area contributed by atoms with Gasteiger partial charge in [0.2, 0.25) is 5.91 Å². The summed E-state index contributed by atoms with van der Waals surface area (Å²) in [5, 5.41) is 1.80. The molecule has 0 aliphatic rings. The molecule has 0 fully saturated rings. The van der Waals surface area contributed by atoms with Gasteiger partial charge >= 0.3 is 0 Å². The third-order valence-corrected chi connectivity index (χ3v) is 4.51. The van der Waals surface area contributed by atoms with Crippen molar-refractivity contribution in [1.29, 1.82) is 0 Å². The molecule has 1 amide bonds. The molecule has 2 aromatic carbocycles. The second-order valence-corrected chi connectivity index (χ2v) is 6.42. The van der Waals surface area contributed by atoms with E-state index in [1.54, 1.807) is 0 Å². The average Bonchev–Trinajstić information content (AvgIpc) is 2.95. The fourth-order valence-electron chi connectivity index (χ4n) is 3.16. The Morgan fingerprint density at radius 2 is 2.04 bits per heavy atom. The number of fused-ring (bicyclic) bond motifs is 1. The maximum atomic E-state index is 12.3. The van der Waals surface area contributed by atoms with Gasteiger partial charge in [-0.05, 0) is 36.2 Å². The number of nitrogens with one attached hydrogen (secondary N) is 1. The van der Waals surface area contributed by atoms with Gasteiger partial charge in [-0.2, -0.15) is 0 Å². The molecule has 25 heavy (non-hydrogen) atoms. The number of hydrogen-bond donors (Lipinski definition) is 1. The van der Waals surface area contributed by atoms with Crippen molar-refractivity contribution >= 4 is 28.4 Å². The van der Waals surface area contributed by atoms with Gasteiger partial charge in [0.1, 0.15) is 0 Å². The molecule has 1 heterocycles. The van der Waals surface area contributed by atoms with Crippen LogP contribution in [0.25, 0.3) is 10.9 Å². The zero-order chi connectivity index (χ0) is 17.8. The van der Waals surface area contributed by atoms with Crippen LogP contribution in [0.15, 0.2) is 54.7 Å². The van der Waals surface area contributed by atoms with Crippen molar-refractivity contribution in [3.05, 3.63) is 70.9 Å². The van der Waals surface area contributed by atoms with E-state index < -0.39 is 0 Å². The number of aryl methyl sites for hydroxylation is 1. The summed E-state index contributed by atoms with van der Waals surface area (Å²) >= 11 is 6.19. The van der Waals surface area contributed by atoms with Gasteiger partial charge in [-0.15, -0.1) is 0 Å². The maximum Gasteiger partial charge on any atom is 0.244 e. The standard InChI is InChI=1S/C20H21ClN2O2/c1-3-25-22-20(24)12-17(14-7-6-8-15(21)11-14)18-13-23(2)19-10-5-4-9-16(18)19/h4-11,13,17H,3,12H2,1-2H3,(H,22,24). The van der Waals surface area contributed by atoms with E-state index in [-0.39, 0.29) is 18.2 Å². The second kappa shape index (κ2) is 7.72. The van der Waals surface area contributed by atoms with Gasteiger partial charge in [-0.25, -0.2) is 5.48 Å². The van der Waals surface area contributed by atoms with Gasteiger partial charge in [0.15, 0.2) is 0 Å². The fourth-order valence-corrected chi connectivity index (χ4v) is 3.36. The highest BCUT2D eigenvalue weighted by atomic mass is 35.5. The van der Waals surface area contributed by atoms with Crippen LogP contribution < -0.4 is 5.48 Å². The number of carbonyl (C=O) groups excluding carboxylic acids is 1. The highest BCUT2D eigenvalue weighted by molar-refractivity contribution is 6.30. The highest BCUT2D eigenvalue weighted by Crippen LogP contribution is 2.35. The molecular weight excluding hydrogens is 336 g/mol. The summed E-state index contributed by atoms with van der Waals surface area (Å²) < 4.78 is 2.09. The van der Waals surface area contributed by atoms with Crippen LogP contribution in [0.1, 0.15) is 30.4 Å². The Morgan fingerprint density at radius 1 is 1.24 bits per heavy atom. The second-order valence-electron chi connectivity index (χ2n) is 5.98. The predicted octanol–water partition coefficient (Wildman–Crippen LogP) is 4.42. The van der Waals surface area contributed by atoms with Crippen LogP contribution in [0.3, 0.4) is 0 Å².